The number of piperidine rings is 2. The van der Waals surface area contributed by atoms with Crippen LogP contribution in [0.3, 0.4) is 0 Å². The van der Waals surface area contributed by atoms with Gasteiger partial charge in [0, 0.05) is 35.1 Å². The van der Waals surface area contributed by atoms with Crippen LogP contribution in [0.25, 0.3) is 0 Å². The zero-order valence-corrected chi connectivity index (χ0v) is 24.6. The molecule has 10 heteroatoms. The third-order valence-corrected chi connectivity index (χ3v) is 9.36. The third-order valence-electron chi connectivity index (χ3n) is 8.16. The van der Waals surface area contributed by atoms with Gasteiger partial charge in [-0.2, -0.15) is 18.2 Å². The summed E-state index contributed by atoms with van der Waals surface area (Å²) in [5.74, 6) is -0.0810. The lowest BCUT2D eigenvalue weighted by Gasteiger charge is -2.51. The Morgan fingerprint density at radius 2 is 1.79 bits per heavy atom. The number of rotatable bonds is 5. The summed E-state index contributed by atoms with van der Waals surface area (Å²) in [6.45, 7) is 10.5. The monoisotopic (exact) mass is 565 g/mol. The second-order valence-corrected chi connectivity index (χ2v) is 12.9. The Kier molecular flexibility index (Phi) is 9.08. The molecule has 3 fully saturated rings. The Morgan fingerprint density at radius 1 is 1.10 bits per heavy atom. The smallest absolute Gasteiger partial charge is 0.388 e. The van der Waals surface area contributed by atoms with E-state index in [1.165, 1.54) is 48.6 Å². The van der Waals surface area contributed by atoms with Gasteiger partial charge in [-0.3, -0.25) is 0 Å². The Hall–Kier alpha value is -2.04. The molecule has 1 aromatic heterocycles. The summed E-state index contributed by atoms with van der Waals surface area (Å²) in [5.41, 5.74) is 0.351. The molecule has 5 rings (SSSR count). The minimum atomic E-state index is -4.58. The Balaban J connectivity index is 0.00000172. The van der Waals surface area contributed by atoms with E-state index in [0.717, 1.165) is 17.4 Å². The van der Waals surface area contributed by atoms with Gasteiger partial charge < -0.3 is 20.2 Å². The molecular formula is C29H42F3N5OS. The number of aliphatic hydroxyl groups is 1. The summed E-state index contributed by atoms with van der Waals surface area (Å²) in [7, 11) is 2.20. The van der Waals surface area contributed by atoms with Crippen molar-refractivity contribution in [2.75, 3.05) is 43.4 Å². The number of alkyl halides is 3. The molecule has 2 aromatic rings. The van der Waals surface area contributed by atoms with Gasteiger partial charge in [-0.1, -0.05) is 13.8 Å². The molecule has 1 saturated carbocycles. The molecular weight excluding hydrogens is 523 g/mol. The number of aryl methyl sites for hydroxylation is 1. The molecule has 39 heavy (non-hydrogen) atoms. The van der Waals surface area contributed by atoms with E-state index in [1.54, 1.807) is 6.92 Å². The predicted octanol–water partition coefficient (Wildman–Crippen LogP) is 6.89. The number of hydrogen-bond donors (Lipinski definition) is 2. The zero-order chi connectivity index (χ0) is 28.4. The van der Waals surface area contributed by atoms with E-state index >= 15 is 0 Å². The Morgan fingerprint density at radius 3 is 2.41 bits per heavy atom. The maximum atomic E-state index is 13.7. The fraction of sp³-hybridized carbons (Fsp3) is 0.655. The number of thioether (sulfide) groups is 1. The summed E-state index contributed by atoms with van der Waals surface area (Å²) in [6, 6.07) is 6.14. The van der Waals surface area contributed by atoms with Crippen molar-refractivity contribution in [2.24, 2.45) is 5.41 Å². The molecule has 6 nitrogen and oxygen atoms in total. The number of hydrogen-bond acceptors (Lipinski definition) is 7. The number of β-amino-alcohol motifs (C(OH)–C–C–N with tert-alkyl or cyclic N) is 1. The van der Waals surface area contributed by atoms with Crippen LogP contribution in [-0.4, -0.2) is 64.1 Å². The van der Waals surface area contributed by atoms with E-state index < -0.39 is 17.3 Å². The normalized spacial score (nSPS) is 23.7. The van der Waals surface area contributed by atoms with Crippen LogP contribution in [0.1, 0.15) is 70.4 Å². The first-order valence-electron chi connectivity index (χ1n) is 14.1. The second-order valence-electron chi connectivity index (χ2n) is 11.5. The van der Waals surface area contributed by atoms with Gasteiger partial charge in [-0.25, -0.2) is 4.98 Å². The van der Waals surface area contributed by atoms with Crippen LogP contribution in [0.4, 0.5) is 30.6 Å². The van der Waals surface area contributed by atoms with Gasteiger partial charge in [0.2, 0.25) is 5.95 Å². The van der Waals surface area contributed by atoms with Crippen LogP contribution in [0, 0.1) is 12.3 Å². The molecule has 1 atom stereocenters. The fourth-order valence-corrected chi connectivity index (χ4v) is 7.58. The van der Waals surface area contributed by atoms with E-state index in [0.29, 0.717) is 30.1 Å². The minimum Gasteiger partial charge on any atom is -0.388 e. The van der Waals surface area contributed by atoms with Crippen LogP contribution in [-0.2, 0) is 6.18 Å². The average Bonchev–Trinajstić information content (AvgIpc) is 2.86. The van der Waals surface area contributed by atoms with Crippen molar-refractivity contribution in [3.05, 3.63) is 35.5 Å². The molecule has 0 amide bonds. The number of likely N-dealkylation sites (tertiary alicyclic amines) is 1. The first-order valence-corrected chi connectivity index (χ1v) is 14.9. The molecule has 216 valence electrons. The van der Waals surface area contributed by atoms with E-state index in [2.05, 4.69) is 39.4 Å². The largest absolute Gasteiger partial charge is 0.421 e. The van der Waals surface area contributed by atoms with Gasteiger partial charge in [0.05, 0.1) is 5.60 Å². The van der Waals surface area contributed by atoms with Crippen molar-refractivity contribution < 1.29 is 18.3 Å². The summed E-state index contributed by atoms with van der Waals surface area (Å²) in [5, 5.41) is 14.2. The molecule has 1 aliphatic carbocycles. The van der Waals surface area contributed by atoms with Gasteiger partial charge in [0.15, 0.2) is 0 Å². The summed E-state index contributed by atoms with van der Waals surface area (Å²) < 4.78 is 41.2. The first kappa shape index (κ1) is 29.9. The van der Waals surface area contributed by atoms with E-state index in [1.807, 2.05) is 38.6 Å². The topological polar surface area (TPSA) is 64.5 Å². The highest BCUT2D eigenvalue weighted by molar-refractivity contribution is 8.00. The van der Waals surface area contributed by atoms with Gasteiger partial charge >= 0.3 is 6.18 Å². The summed E-state index contributed by atoms with van der Waals surface area (Å²) >= 11 is 1.93. The fourth-order valence-electron chi connectivity index (χ4n) is 5.93. The van der Waals surface area contributed by atoms with Gasteiger partial charge in [-0.05, 0) is 102 Å². The van der Waals surface area contributed by atoms with Crippen molar-refractivity contribution in [3.8, 4) is 0 Å². The highest BCUT2D eigenvalue weighted by Crippen LogP contribution is 2.54. The highest BCUT2D eigenvalue weighted by Gasteiger charge is 2.45. The lowest BCUT2D eigenvalue weighted by atomic mass is 9.63. The molecule has 3 heterocycles. The Bertz CT molecular complexity index is 1130. The lowest BCUT2D eigenvalue weighted by molar-refractivity contribution is -0.137. The zero-order valence-electron chi connectivity index (χ0n) is 23.7. The van der Waals surface area contributed by atoms with Gasteiger partial charge in [-0.15, -0.1) is 11.8 Å². The SMILES string of the molecule is CC.Cc1cc(SC2CC3(CCN(C)CC3)C2)ccc1Nc1ncc(C(F)(F)F)c(N2CCCC(C)(O)C2)n1. The maximum Gasteiger partial charge on any atom is 0.421 e. The number of benzene rings is 1. The lowest BCUT2D eigenvalue weighted by Crippen LogP contribution is -2.47. The molecule has 2 N–H and O–H groups in total. The highest BCUT2D eigenvalue weighted by atomic mass is 32.2. The standard InChI is InChI=1S/C27H36F3N5OS.C2H6/c1-18-13-19(37-20-14-26(15-20)8-11-34(3)12-9-26)5-6-22(18)32-24-31-16-21(27(28,29)30)23(33-24)35-10-4-7-25(2,36)17-35;1-2/h5-6,13,16,20,36H,4,7-12,14-15,17H2,1-3H3,(H,31,32,33);1-2H3. The molecule has 2 aliphatic heterocycles. The number of halogens is 3. The van der Waals surface area contributed by atoms with Crippen molar-refractivity contribution in [3.63, 3.8) is 0 Å². The van der Waals surface area contributed by atoms with E-state index in [9.17, 15) is 18.3 Å². The van der Waals surface area contributed by atoms with Crippen molar-refractivity contribution in [2.45, 2.75) is 88.1 Å². The summed E-state index contributed by atoms with van der Waals surface area (Å²) in [4.78, 5) is 13.4. The quantitative estimate of drug-likeness (QED) is 0.409. The number of nitrogens with zero attached hydrogens (tertiary/aromatic N) is 4. The van der Waals surface area contributed by atoms with Crippen molar-refractivity contribution in [1.82, 2.24) is 14.9 Å². The molecule has 0 radical (unpaired) electrons. The van der Waals surface area contributed by atoms with Crippen molar-refractivity contribution in [1.29, 1.82) is 0 Å². The molecule has 1 aromatic carbocycles. The van der Waals surface area contributed by atoms with Crippen molar-refractivity contribution >= 4 is 29.2 Å². The predicted molar refractivity (Wildman–Crippen MR) is 153 cm³/mol. The van der Waals surface area contributed by atoms with Crippen LogP contribution < -0.4 is 10.2 Å². The number of aromatic nitrogens is 2. The average molecular weight is 566 g/mol. The third kappa shape index (κ3) is 7.19. The number of nitrogens with one attached hydrogen (secondary N) is 1. The van der Waals surface area contributed by atoms with E-state index in [-0.39, 0.29) is 18.3 Å². The van der Waals surface area contributed by atoms with Crippen LogP contribution in [0.5, 0.6) is 0 Å². The second kappa shape index (κ2) is 11.8. The molecule has 3 aliphatic rings. The molecule has 0 bridgehead atoms. The number of anilines is 3. The minimum absolute atomic E-state index is 0.0939. The van der Waals surface area contributed by atoms with Crippen LogP contribution >= 0.6 is 11.8 Å². The maximum absolute atomic E-state index is 13.7. The van der Waals surface area contributed by atoms with Crippen LogP contribution in [0.2, 0.25) is 0 Å². The van der Waals surface area contributed by atoms with E-state index in [4.69, 9.17) is 0 Å². The van der Waals surface area contributed by atoms with Crippen LogP contribution in [0.15, 0.2) is 29.3 Å². The molecule has 2 saturated heterocycles. The van der Waals surface area contributed by atoms with Gasteiger partial charge in [0.25, 0.3) is 0 Å². The van der Waals surface area contributed by atoms with Gasteiger partial charge in [0.1, 0.15) is 11.4 Å². The molecule has 1 unspecified atom stereocenters. The first-order chi connectivity index (χ1) is 18.4. The molecule has 1 spiro atoms. The summed E-state index contributed by atoms with van der Waals surface area (Å²) in [6.07, 6.45) is 2.53. The Labute approximate surface area is 234 Å².